The number of aliphatic carboxylic acids is 1. The molecule has 1 aromatic heterocycles. The Bertz CT molecular complexity index is 744. The van der Waals surface area contributed by atoms with E-state index in [1.165, 1.54) is 24.5 Å². The van der Waals surface area contributed by atoms with E-state index in [0.29, 0.717) is 14.3 Å². The molecule has 0 saturated carbocycles. The molecule has 1 atom stereocenters. The first kappa shape index (κ1) is 17.8. The average molecular weight is 492 g/mol. The SMILES string of the molecule is O=C(O)CONC(=O)c1ccncc1[AsH]c1ccc(I)cc1F. The summed E-state index contributed by atoms with van der Waals surface area (Å²) in [5.41, 5.74) is 2.35. The quantitative estimate of drug-likeness (QED) is 0.336. The molecule has 6 nitrogen and oxygen atoms in total. The summed E-state index contributed by atoms with van der Waals surface area (Å²) in [5.74, 6) is -2.10. The Labute approximate surface area is 151 Å². The summed E-state index contributed by atoms with van der Waals surface area (Å²) in [5, 5.41) is 8.48. The molecule has 0 saturated heterocycles. The Morgan fingerprint density at radius 1 is 1.35 bits per heavy atom. The Morgan fingerprint density at radius 2 is 2.13 bits per heavy atom. The zero-order chi connectivity index (χ0) is 16.8. The number of pyridine rings is 1. The van der Waals surface area contributed by atoms with Gasteiger partial charge in [0, 0.05) is 0 Å². The van der Waals surface area contributed by atoms with Gasteiger partial charge < -0.3 is 0 Å². The number of nitrogens with one attached hydrogen (secondary N) is 1. The normalized spacial score (nSPS) is 10.9. The first-order chi connectivity index (χ1) is 11.0. The van der Waals surface area contributed by atoms with E-state index in [2.05, 4.69) is 15.3 Å². The fourth-order valence-corrected chi connectivity index (χ4v) is 4.45. The number of amides is 1. The van der Waals surface area contributed by atoms with Crippen molar-refractivity contribution in [2.75, 3.05) is 6.61 Å². The number of hydrogen-bond acceptors (Lipinski definition) is 4. The van der Waals surface area contributed by atoms with Crippen LogP contribution in [0.15, 0.2) is 36.7 Å². The molecule has 0 aliphatic rings. The second kappa shape index (κ2) is 8.37. The molecule has 1 heterocycles. The van der Waals surface area contributed by atoms with Crippen LogP contribution in [0, 0.1) is 9.39 Å². The van der Waals surface area contributed by atoms with Crippen molar-refractivity contribution in [1.29, 1.82) is 0 Å². The van der Waals surface area contributed by atoms with E-state index in [1.54, 1.807) is 12.1 Å². The average Bonchev–Trinajstić information content (AvgIpc) is 2.50. The van der Waals surface area contributed by atoms with Crippen molar-refractivity contribution >= 4 is 58.9 Å². The molecule has 2 aromatic rings. The molecule has 0 aliphatic heterocycles. The summed E-state index contributed by atoms with van der Waals surface area (Å²) in [7, 11) is 0. The number of carboxylic acids is 1. The van der Waals surface area contributed by atoms with Crippen LogP contribution in [0.25, 0.3) is 0 Å². The number of rotatable bonds is 6. The number of carbonyl (C=O) groups excluding carboxylic acids is 1. The Kier molecular flexibility index (Phi) is 6.49. The van der Waals surface area contributed by atoms with Crippen LogP contribution in [0.2, 0.25) is 0 Å². The van der Waals surface area contributed by atoms with Crippen LogP contribution in [-0.2, 0) is 9.63 Å². The van der Waals surface area contributed by atoms with Gasteiger partial charge in [-0.25, -0.2) is 0 Å². The summed E-state index contributed by atoms with van der Waals surface area (Å²) in [6.07, 6.45) is 2.95. The molecule has 9 heteroatoms. The molecule has 0 bridgehead atoms. The number of carbonyl (C=O) groups is 2. The second-order valence-electron chi connectivity index (χ2n) is 4.28. The minimum absolute atomic E-state index is 0.295. The molecule has 23 heavy (non-hydrogen) atoms. The molecule has 2 N–H and O–H groups in total. The molecule has 1 amide bonds. The monoisotopic (exact) mass is 492 g/mol. The molecule has 0 spiro atoms. The van der Waals surface area contributed by atoms with E-state index in [1.807, 2.05) is 22.6 Å². The van der Waals surface area contributed by atoms with E-state index in [-0.39, 0.29) is 5.82 Å². The molecule has 2 rings (SSSR count). The fraction of sp³-hybridized carbons (Fsp3) is 0.0714. The van der Waals surface area contributed by atoms with Gasteiger partial charge in [0.2, 0.25) is 0 Å². The molecule has 0 fully saturated rings. The fourth-order valence-electron chi connectivity index (χ4n) is 1.65. The van der Waals surface area contributed by atoms with Gasteiger partial charge in [0.05, 0.1) is 0 Å². The Balaban J connectivity index is 2.16. The number of nitrogens with zero attached hydrogens (tertiary/aromatic N) is 1. The van der Waals surface area contributed by atoms with Crippen LogP contribution in [0.5, 0.6) is 0 Å². The van der Waals surface area contributed by atoms with Crippen LogP contribution in [-0.4, -0.2) is 44.3 Å². The number of halogens is 2. The summed E-state index contributed by atoms with van der Waals surface area (Å²) >= 11 is 0.905. The summed E-state index contributed by atoms with van der Waals surface area (Å²) in [6.45, 7) is -0.645. The molecule has 1 aromatic carbocycles. The number of hydroxylamine groups is 1. The third-order valence-electron chi connectivity index (χ3n) is 2.63. The molecule has 1 unspecified atom stereocenters. The molecule has 0 radical (unpaired) electrons. The number of hydrogen-bond donors (Lipinski definition) is 2. The number of aromatic nitrogens is 1. The Hall–Kier alpha value is -1.51. The van der Waals surface area contributed by atoms with E-state index in [4.69, 9.17) is 5.11 Å². The van der Waals surface area contributed by atoms with Gasteiger partial charge in [0.15, 0.2) is 0 Å². The maximum absolute atomic E-state index is 14.0. The third kappa shape index (κ3) is 5.26. The first-order valence-electron chi connectivity index (χ1n) is 6.27. The van der Waals surface area contributed by atoms with Crippen molar-refractivity contribution < 1.29 is 23.9 Å². The number of carboxylic acid groups (broad SMARTS) is 1. The standard InChI is InChI=1S/C14H11AsFIN2O4/c16-12-5-8(17)1-2-10(12)15-11-6-18-4-3-9(11)14(22)19-23-7-13(20)21/h1-6,15H,7H2,(H,19,22)(H,20,21). The van der Waals surface area contributed by atoms with Gasteiger partial charge in [-0.2, -0.15) is 0 Å². The summed E-state index contributed by atoms with van der Waals surface area (Å²) in [6, 6.07) is 6.43. The van der Waals surface area contributed by atoms with Gasteiger partial charge in [0.25, 0.3) is 0 Å². The molecular weight excluding hydrogens is 481 g/mol. The van der Waals surface area contributed by atoms with E-state index in [9.17, 15) is 14.0 Å². The predicted molar refractivity (Wildman–Crippen MR) is 90.8 cm³/mol. The van der Waals surface area contributed by atoms with Gasteiger partial charge in [0.1, 0.15) is 0 Å². The van der Waals surface area contributed by atoms with Crippen LogP contribution >= 0.6 is 22.6 Å². The van der Waals surface area contributed by atoms with Crippen molar-refractivity contribution in [2.45, 2.75) is 0 Å². The topological polar surface area (TPSA) is 88.5 Å². The molecular formula is C14H11AsFIN2O4. The van der Waals surface area contributed by atoms with E-state index in [0.717, 1.165) is 3.57 Å². The zero-order valence-electron chi connectivity index (χ0n) is 11.5. The predicted octanol–water partition coefficient (Wildman–Crippen LogP) is -0.0414. The minimum atomic E-state index is -1.20. The van der Waals surface area contributed by atoms with Crippen molar-refractivity contribution in [3.8, 4) is 0 Å². The molecule has 120 valence electrons. The zero-order valence-corrected chi connectivity index (χ0v) is 15.8. The van der Waals surface area contributed by atoms with Gasteiger partial charge in [-0.3, -0.25) is 0 Å². The van der Waals surface area contributed by atoms with Crippen molar-refractivity contribution in [1.82, 2.24) is 10.5 Å². The molecule has 0 aliphatic carbocycles. The van der Waals surface area contributed by atoms with Crippen LogP contribution in [0.4, 0.5) is 4.39 Å². The van der Waals surface area contributed by atoms with Gasteiger partial charge in [-0.05, 0) is 0 Å². The van der Waals surface area contributed by atoms with Crippen LogP contribution in [0.1, 0.15) is 10.4 Å². The summed E-state index contributed by atoms with van der Waals surface area (Å²) in [4.78, 5) is 31.0. The van der Waals surface area contributed by atoms with E-state index >= 15 is 0 Å². The third-order valence-corrected chi connectivity index (χ3v) is 6.11. The van der Waals surface area contributed by atoms with E-state index < -0.39 is 34.2 Å². The van der Waals surface area contributed by atoms with Crippen molar-refractivity contribution in [2.24, 2.45) is 0 Å². The maximum atomic E-state index is 14.0. The first-order valence-corrected chi connectivity index (χ1v) is 9.45. The van der Waals surface area contributed by atoms with Crippen molar-refractivity contribution in [3.05, 3.63) is 51.6 Å². The van der Waals surface area contributed by atoms with Gasteiger partial charge in [-0.15, -0.1) is 0 Å². The van der Waals surface area contributed by atoms with Gasteiger partial charge >= 0.3 is 152 Å². The Morgan fingerprint density at radius 3 is 2.83 bits per heavy atom. The summed E-state index contributed by atoms with van der Waals surface area (Å²) < 4.78 is 16.0. The number of benzene rings is 1. The second-order valence-corrected chi connectivity index (χ2v) is 8.31. The van der Waals surface area contributed by atoms with Gasteiger partial charge in [-0.1, -0.05) is 0 Å². The van der Waals surface area contributed by atoms with Crippen LogP contribution in [0.3, 0.4) is 0 Å². The van der Waals surface area contributed by atoms with Crippen LogP contribution < -0.4 is 14.2 Å². The van der Waals surface area contributed by atoms with Crippen molar-refractivity contribution in [3.63, 3.8) is 0 Å².